The lowest BCUT2D eigenvalue weighted by molar-refractivity contribution is 0.0861. The molecule has 0 radical (unpaired) electrons. The summed E-state index contributed by atoms with van der Waals surface area (Å²) in [4.78, 5) is 14.4. The van der Waals surface area contributed by atoms with Gasteiger partial charge >= 0.3 is 7.60 Å². The molecule has 0 unspecified atom stereocenters. The first kappa shape index (κ1) is 19.0. The predicted octanol–water partition coefficient (Wildman–Crippen LogP) is 3.66. The molecule has 0 bridgehead atoms. The molecule has 0 heterocycles. The van der Waals surface area contributed by atoms with Crippen LogP contribution in [-0.2, 0) is 13.6 Å². The van der Waals surface area contributed by atoms with Crippen LogP contribution in [0.3, 0.4) is 0 Å². The van der Waals surface area contributed by atoms with Crippen molar-refractivity contribution in [2.75, 3.05) is 27.3 Å². The minimum absolute atomic E-state index is 0.0704. The first-order valence-corrected chi connectivity index (χ1v) is 9.13. The molecule has 0 aliphatic carbocycles. The molecule has 2 atom stereocenters. The molecule has 0 fully saturated rings. The highest BCUT2D eigenvalue weighted by atomic mass is 31.2. The summed E-state index contributed by atoms with van der Waals surface area (Å²) in [6.45, 7) is 5.84. The molecule has 0 aliphatic heterocycles. The van der Waals surface area contributed by atoms with E-state index in [0.717, 1.165) is 0 Å². The van der Waals surface area contributed by atoms with Gasteiger partial charge in [0.2, 0.25) is 0 Å². The Hall–Kier alpha value is -1.00. The van der Waals surface area contributed by atoms with Gasteiger partial charge in [0.05, 0.1) is 13.2 Å². The number of carbonyl (C=O) groups excluding carboxylic acids is 1. The molecule has 6 heteroatoms. The quantitative estimate of drug-likeness (QED) is 0.512. The van der Waals surface area contributed by atoms with Crippen LogP contribution in [0.4, 0.5) is 0 Å². The van der Waals surface area contributed by atoms with E-state index in [2.05, 4.69) is 0 Å². The highest BCUT2D eigenvalue weighted by Crippen LogP contribution is 2.56. The zero-order valence-corrected chi connectivity index (χ0v) is 14.9. The average molecular weight is 327 g/mol. The first-order chi connectivity index (χ1) is 10.4. The van der Waals surface area contributed by atoms with Gasteiger partial charge in [-0.25, -0.2) is 0 Å². The van der Waals surface area contributed by atoms with Crippen LogP contribution in [0.25, 0.3) is 0 Å². The molecule has 0 saturated heterocycles. The Balaban J connectivity index is 3.13. The maximum Gasteiger partial charge on any atom is 0.348 e. The molecule has 5 nitrogen and oxygen atoms in total. The zero-order valence-electron chi connectivity index (χ0n) is 14.0. The minimum Gasteiger partial charge on any atom is -0.308 e. The fourth-order valence-electron chi connectivity index (χ4n) is 2.55. The summed E-state index contributed by atoms with van der Waals surface area (Å²) in [5, 5.41) is 0. The van der Waals surface area contributed by atoms with Gasteiger partial charge in [0.1, 0.15) is 5.78 Å². The zero-order chi connectivity index (χ0) is 16.8. The fraction of sp³-hybridized carbons (Fsp3) is 0.562. The second-order valence-corrected chi connectivity index (χ2v) is 7.40. The molecule has 0 aliphatic rings. The molecular weight excluding hydrogens is 301 g/mol. The van der Waals surface area contributed by atoms with Crippen molar-refractivity contribution in [1.29, 1.82) is 0 Å². The van der Waals surface area contributed by atoms with Crippen molar-refractivity contribution in [2.24, 2.45) is 5.92 Å². The Kier molecular flexibility index (Phi) is 7.43. The molecule has 0 N–H and O–H groups in total. The van der Waals surface area contributed by atoms with Crippen molar-refractivity contribution in [1.82, 2.24) is 4.90 Å². The van der Waals surface area contributed by atoms with Crippen molar-refractivity contribution in [3.05, 3.63) is 35.9 Å². The van der Waals surface area contributed by atoms with E-state index in [1.54, 1.807) is 51.9 Å². The number of carbonyl (C=O) groups is 1. The second-order valence-electron chi connectivity index (χ2n) is 5.27. The van der Waals surface area contributed by atoms with Crippen LogP contribution in [0.15, 0.2) is 30.3 Å². The van der Waals surface area contributed by atoms with Gasteiger partial charge in [0.25, 0.3) is 0 Å². The topological polar surface area (TPSA) is 55.8 Å². The Bertz CT molecular complexity index is 508. The van der Waals surface area contributed by atoms with Gasteiger partial charge in [0.15, 0.2) is 5.78 Å². The maximum absolute atomic E-state index is 13.1. The van der Waals surface area contributed by atoms with Crippen LogP contribution < -0.4 is 0 Å². The minimum atomic E-state index is -3.41. The molecule has 1 rings (SSSR count). The number of hydrogen-bond acceptors (Lipinski definition) is 5. The van der Waals surface area contributed by atoms with Gasteiger partial charge in [-0.1, -0.05) is 37.3 Å². The lowest BCUT2D eigenvalue weighted by atomic mass is 9.99. The third kappa shape index (κ3) is 4.50. The summed E-state index contributed by atoms with van der Waals surface area (Å²) < 4.78 is 24.0. The van der Waals surface area contributed by atoms with E-state index in [1.165, 1.54) is 0 Å². The molecule has 0 spiro atoms. The van der Waals surface area contributed by atoms with Gasteiger partial charge in [-0.15, -0.1) is 0 Å². The molecule has 0 saturated carbocycles. The highest BCUT2D eigenvalue weighted by molar-refractivity contribution is 7.54. The average Bonchev–Trinajstić information content (AvgIpc) is 2.47. The van der Waals surface area contributed by atoms with E-state index in [-0.39, 0.29) is 19.0 Å². The first-order valence-electron chi connectivity index (χ1n) is 7.51. The van der Waals surface area contributed by atoms with Crippen LogP contribution in [0, 0.1) is 5.92 Å². The predicted molar refractivity (Wildman–Crippen MR) is 88.3 cm³/mol. The summed E-state index contributed by atoms with van der Waals surface area (Å²) in [7, 11) is 0.153. The molecule has 1 aromatic carbocycles. The van der Waals surface area contributed by atoms with E-state index >= 15 is 0 Å². The summed E-state index contributed by atoms with van der Waals surface area (Å²) >= 11 is 0. The third-order valence-corrected chi connectivity index (χ3v) is 6.18. The van der Waals surface area contributed by atoms with E-state index in [4.69, 9.17) is 9.05 Å². The highest BCUT2D eigenvalue weighted by Gasteiger charge is 2.43. The lowest BCUT2D eigenvalue weighted by Crippen LogP contribution is -2.39. The van der Waals surface area contributed by atoms with Gasteiger partial charge in [-0.3, -0.25) is 14.3 Å². The second kappa shape index (κ2) is 8.59. The van der Waals surface area contributed by atoms with Crippen molar-refractivity contribution in [3.63, 3.8) is 0 Å². The van der Waals surface area contributed by atoms with Crippen molar-refractivity contribution in [2.45, 2.75) is 26.6 Å². The van der Waals surface area contributed by atoms with Crippen molar-refractivity contribution in [3.8, 4) is 0 Å². The van der Waals surface area contributed by atoms with Crippen LogP contribution in [0.1, 0.15) is 31.1 Å². The van der Waals surface area contributed by atoms with Gasteiger partial charge < -0.3 is 9.05 Å². The molecule has 22 heavy (non-hydrogen) atoms. The van der Waals surface area contributed by atoms with Crippen LogP contribution in [0.2, 0.25) is 0 Å². The van der Waals surface area contributed by atoms with Crippen molar-refractivity contribution < 1.29 is 18.4 Å². The number of benzene rings is 1. The van der Waals surface area contributed by atoms with E-state index in [1.807, 2.05) is 18.2 Å². The summed E-state index contributed by atoms with van der Waals surface area (Å²) in [6.07, 6.45) is 0. The Morgan fingerprint density at radius 2 is 1.64 bits per heavy atom. The maximum atomic E-state index is 13.1. The number of Topliss-reactive ketones (excluding diaryl/α,β-unsaturated/α-hetero) is 1. The molecular formula is C16H26NO4P. The Morgan fingerprint density at radius 1 is 1.14 bits per heavy atom. The fourth-order valence-corrected chi connectivity index (χ4v) is 4.90. The third-order valence-electron chi connectivity index (χ3n) is 3.39. The van der Waals surface area contributed by atoms with Gasteiger partial charge in [-0.2, -0.15) is 0 Å². The van der Waals surface area contributed by atoms with Crippen LogP contribution >= 0.6 is 7.60 Å². The number of hydrogen-bond donors (Lipinski definition) is 0. The van der Waals surface area contributed by atoms with E-state index in [0.29, 0.717) is 5.56 Å². The summed E-state index contributed by atoms with van der Waals surface area (Å²) in [5.41, 5.74) is 0.599. The molecule has 0 amide bonds. The summed E-state index contributed by atoms with van der Waals surface area (Å²) in [6, 6.07) is 9.01. The van der Waals surface area contributed by atoms with E-state index < -0.39 is 19.3 Å². The normalized spacial score (nSPS) is 14.8. The number of rotatable bonds is 9. The van der Waals surface area contributed by atoms with Crippen LogP contribution in [-0.4, -0.2) is 43.8 Å². The van der Waals surface area contributed by atoms with E-state index in [9.17, 15) is 9.36 Å². The van der Waals surface area contributed by atoms with Crippen LogP contribution in [0.5, 0.6) is 0 Å². The van der Waals surface area contributed by atoms with Gasteiger partial charge in [-0.05, 0) is 27.9 Å². The molecule has 0 aromatic heterocycles. The SMILES string of the molecule is CCOP(=O)(OCC)[C@@H]([C@H](C)C(=O)c1ccccc1)N(C)C. The Labute approximate surface area is 133 Å². The standard InChI is InChI=1S/C16H26NO4P/c1-6-20-22(19,21-7-2)16(17(4)5)13(3)15(18)14-11-9-8-10-12-14/h8-13,16H,6-7H2,1-5H3/t13-,16+/m1/s1. The smallest absolute Gasteiger partial charge is 0.308 e. The number of nitrogens with zero attached hydrogens (tertiary/aromatic N) is 1. The van der Waals surface area contributed by atoms with Gasteiger partial charge in [0, 0.05) is 11.5 Å². The molecule has 124 valence electrons. The Morgan fingerprint density at radius 3 is 2.05 bits per heavy atom. The monoisotopic (exact) mass is 327 g/mol. The summed E-state index contributed by atoms with van der Waals surface area (Å²) in [5.74, 6) is -1.21. The lowest BCUT2D eigenvalue weighted by Gasteiger charge is -2.34. The molecule has 1 aromatic rings. The number of ketones is 1. The van der Waals surface area contributed by atoms with Crippen molar-refractivity contribution >= 4 is 13.4 Å². The largest absolute Gasteiger partial charge is 0.348 e.